The van der Waals surface area contributed by atoms with Gasteiger partial charge >= 0.3 is 12.0 Å². The van der Waals surface area contributed by atoms with Crippen molar-refractivity contribution in [3.05, 3.63) is 35.6 Å². The Bertz CT molecular complexity index is 550. The largest absolute Gasteiger partial charge is 0.480 e. The SMILES string of the molecule is CC(NC(=O)NC(CC(N)=O)C(=O)O)c1cccc(F)c1. The number of carboxylic acid groups (broad SMARTS) is 1. The number of urea groups is 1. The summed E-state index contributed by atoms with van der Waals surface area (Å²) < 4.78 is 13.1. The zero-order valence-electron chi connectivity index (χ0n) is 11.3. The molecule has 1 rings (SSSR count). The van der Waals surface area contributed by atoms with Gasteiger partial charge in [0, 0.05) is 0 Å². The van der Waals surface area contributed by atoms with E-state index in [0.717, 1.165) is 0 Å². The van der Waals surface area contributed by atoms with E-state index in [0.29, 0.717) is 5.56 Å². The number of nitrogens with one attached hydrogen (secondary N) is 2. The number of carbonyl (C=O) groups excluding carboxylic acids is 2. The van der Waals surface area contributed by atoms with Crippen LogP contribution in [0.15, 0.2) is 24.3 Å². The first-order valence-electron chi connectivity index (χ1n) is 6.13. The summed E-state index contributed by atoms with van der Waals surface area (Å²) in [6.45, 7) is 1.61. The number of aliphatic carboxylic acids is 1. The van der Waals surface area contributed by atoms with Gasteiger partial charge in [0.1, 0.15) is 11.9 Å². The predicted molar refractivity (Wildman–Crippen MR) is 71.7 cm³/mol. The van der Waals surface area contributed by atoms with Gasteiger partial charge in [0.2, 0.25) is 5.91 Å². The number of nitrogens with two attached hydrogens (primary N) is 1. The third-order valence-electron chi connectivity index (χ3n) is 2.71. The van der Waals surface area contributed by atoms with Crippen LogP contribution in [0.1, 0.15) is 24.9 Å². The highest BCUT2D eigenvalue weighted by Crippen LogP contribution is 2.13. The lowest BCUT2D eigenvalue weighted by atomic mass is 10.1. The highest BCUT2D eigenvalue weighted by Gasteiger charge is 2.22. The molecule has 0 radical (unpaired) electrons. The summed E-state index contributed by atoms with van der Waals surface area (Å²) >= 11 is 0. The molecule has 2 atom stereocenters. The van der Waals surface area contributed by atoms with Gasteiger partial charge < -0.3 is 21.5 Å². The monoisotopic (exact) mass is 297 g/mol. The van der Waals surface area contributed by atoms with Crippen LogP contribution < -0.4 is 16.4 Å². The Kier molecular flexibility index (Phi) is 5.65. The first-order valence-corrected chi connectivity index (χ1v) is 6.13. The minimum absolute atomic E-state index is 0.446. The molecule has 1 aromatic rings. The molecule has 0 aromatic heterocycles. The van der Waals surface area contributed by atoms with E-state index in [-0.39, 0.29) is 0 Å². The quantitative estimate of drug-likeness (QED) is 0.611. The van der Waals surface area contributed by atoms with Crippen molar-refractivity contribution >= 4 is 17.9 Å². The third kappa shape index (κ3) is 5.47. The Morgan fingerprint density at radius 1 is 1.33 bits per heavy atom. The molecule has 1 aromatic carbocycles. The number of amides is 3. The van der Waals surface area contributed by atoms with Crippen molar-refractivity contribution in [2.45, 2.75) is 25.4 Å². The average Bonchev–Trinajstić information content (AvgIpc) is 2.37. The number of hydrogen-bond donors (Lipinski definition) is 4. The van der Waals surface area contributed by atoms with Crippen molar-refractivity contribution in [3.8, 4) is 0 Å². The van der Waals surface area contributed by atoms with Crippen molar-refractivity contribution < 1.29 is 23.9 Å². The number of halogens is 1. The van der Waals surface area contributed by atoms with Crippen molar-refractivity contribution in [3.63, 3.8) is 0 Å². The molecule has 7 nitrogen and oxygen atoms in total. The molecule has 0 fully saturated rings. The molecule has 2 unspecified atom stereocenters. The normalized spacial score (nSPS) is 13.0. The van der Waals surface area contributed by atoms with Crippen molar-refractivity contribution in [1.29, 1.82) is 0 Å². The van der Waals surface area contributed by atoms with Crippen LogP contribution in [0.3, 0.4) is 0 Å². The Morgan fingerprint density at radius 3 is 2.52 bits per heavy atom. The Balaban J connectivity index is 2.63. The lowest BCUT2D eigenvalue weighted by Gasteiger charge is -2.18. The Labute approximate surface area is 120 Å². The summed E-state index contributed by atoms with van der Waals surface area (Å²) in [4.78, 5) is 33.3. The molecule has 8 heteroatoms. The van der Waals surface area contributed by atoms with Gasteiger partial charge in [-0.1, -0.05) is 12.1 Å². The number of carboxylic acids is 1. The first kappa shape index (κ1) is 16.4. The van der Waals surface area contributed by atoms with Gasteiger partial charge in [-0.3, -0.25) is 4.79 Å². The molecule has 3 amide bonds. The number of primary amides is 1. The fourth-order valence-electron chi connectivity index (χ4n) is 1.66. The van der Waals surface area contributed by atoms with Crippen LogP contribution in [0.5, 0.6) is 0 Å². The molecule has 0 saturated carbocycles. The van der Waals surface area contributed by atoms with Gasteiger partial charge in [0.05, 0.1) is 12.5 Å². The molecule has 114 valence electrons. The van der Waals surface area contributed by atoms with Crippen LogP contribution in [0, 0.1) is 5.82 Å². The first-order chi connectivity index (χ1) is 9.79. The summed E-state index contributed by atoms with van der Waals surface area (Å²) in [5.74, 6) is -2.66. The van der Waals surface area contributed by atoms with Gasteiger partial charge in [0.15, 0.2) is 0 Å². The second-order valence-corrected chi connectivity index (χ2v) is 4.46. The molecular weight excluding hydrogens is 281 g/mol. The highest BCUT2D eigenvalue weighted by molar-refractivity contribution is 5.87. The maximum atomic E-state index is 13.1. The van der Waals surface area contributed by atoms with Crippen LogP contribution in [-0.2, 0) is 9.59 Å². The van der Waals surface area contributed by atoms with E-state index in [1.54, 1.807) is 13.0 Å². The zero-order valence-corrected chi connectivity index (χ0v) is 11.3. The van der Waals surface area contributed by atoms with Gasteiger partial charge in [-0.05, 0) is 24.6 Å². The summed E-state index contributed by atoms with van der Waals surface area (Å²) in [6.07, 6.45) is -0.517. The van der Waals surface area contributed by atoms with Gasteiger partial charge in [-0.2, -0.15) is 0 Å². The molecule has 0 spiro atoms. The highest BCUT2D eigenvalue weighted by atomic mass is 19.1. The summed E-state index contributed by atoms with van der Waals surface area (Å²) in [7, 11) is 0. The number of benzene rings is 1. The summed E-state index contributed by atoms with van der Waals surface area (Å²) in [5.41, 5.74) is 5.42. The van der Waals surface area contributed by atoms with E-state index in [9.17, 15) is 18.8 Å². The van der Waals surface area contributed by atoms with E-state index in [1.165, 1.54) is 18.2 Å². The minimum Gasteiger partial charge on any atom is -0.480 e. The number of rotatable bonds is 6. The van der Waals surface area contributed by atoms with E-state index < -0.39 is 42.2 Å². The molecule has 0 heterocycles. The molecule has 0 bridgehead atoms. The number of carbonyl (C=O) groups is 3. The molecule has 0 aliphatic heterocycles. The van der Waals surface area contributed by atoms with E-state index in [1.807, 2.05) is 0 Å². The lowest BCUT2D eigenvalue weighted by Crippen LogP contribution is -2.48. The van der Waals surface area contributed by atoms with Crippen molar-refractivity contribution in [1.82, 2.24) is 10.6 Å². The fourth-order valence-corrected chi connectivity index (χ4v) is 1.66. The van der Waals surface area contributed by atoms with Crippen molar-refractivity contribution in [2.75, 3.05) is 0 Å². The lowest BCUT2D eigenvalue weighted by molar-refractivity contribution is -0.140. The standard InChI is InChI=1S/C13H16FN3O4/c1-7(8-3-2-4-9(14)5-8)16-13(21)17-10(12(19)20)6-11(15)18/h2-5,7,10H,6H2,1H3,(H2,15,18)(H,19,20)(H2,16,17,21). The van der Waals surface area contributed by atoms with Crippen LogP contribution in [0.25, 0.3) is 0 Å². The Morgan fingerprint density at radius 2 is 2.00 bits per heavy atom. The smallest absolute Gasteiger partial charge is 0.326 e. The molecule has 0 aliphatic rings. The van der Waals surface area contributed by atoms with Crippen LogP contribution in [-0.4, -0.2) is 29.1 Å². The summed E-state index contributed by atoms with van der Waals surface area (Å²) in [6, 6.07) is 2.89. The van der Waals surface area contributed by atoms with E-state index >= 15 is 0 Å². The second kappa shape index (κ2) is 7.22. The van der Waals surface area contributed by atoms with Gasteiger partial charge in [0.25, 0.3) is 0 Å². The van der Waals surface area contributed by atoms with Gasteiger partial charge in [-0.15, -0.1) is 0 Å². The minimum atomic E-state index is -1.41. The molecule has 0 aliphatic carbocycles. The Hall–Kier alpha value is -2.64. The van der Waals surface area contributed by atoms with Crippen LogP contribution in [0.2, 0.25) is 0 Å². The second-order valence-electron chi connectivity index (χ2n) is 4.46. The fraction of sp³-hybridized carbons (Fsp3) is 0.308. The van der Waals surface area contributed by atoms with Crippen LogP contribution >= 0.6 is 0 Å². The molecule has 21 heavy (non-hydrogen) atoms. The topological polar surface area (TPSA) is 122 Å². The average molecular weight is 297 g/mol. The van der Waals surface area contributed by atoms with E-state index in [2.05, 4.69) is 10.6 Å². The maximum absolute atomic E-state index is 13.1. The zero-order chi connectivity index (χ0) is 16.0. The van der Waals surface area contributed by atoms with E-state index in [4.69, 9.17) is 10.8 Å². The maximum Gasteiger partial charge on any atom is 0.326 e. The van der Waals surface area contributed by atoms with Crippen molar-refractivity contribution in [2.24, 2.45) is 5.73 Å². The van der Waals surface area contributed by atoms with Crippen LogP contribution in [0.4, 0.5) is 9.18 Å². The van der Waals surface area contributed by atoms with Gasteiger partial charge in [-0.25, -0.2) is 14.0 Å². The molecule has 0 saturated heterocycles. The summed E-state index contributed by atoms with van der Waals surface area (Å²) in [5, 5.41) is 13.4. The third-order valence-corrected chi connectivity index (χ3v) is 2.71. The number of hydrogen-bond acceptors (Lipinski definition) is 3. The molecular formula is C13H16FN3O4. The predicted octanol–water partition coefficient (Wildman–Crippen LogP) is 0.514. The molecule has 5 N–H and O–H groups in total.